The Kier molecular flexibility index (Phi) is 5.07. The van der Waals surface area contributed by atoms with Gasteiger partial charge in [0.05, 0.1) is 6.10 Å². The molecule has 0 spiro atoms. The number of hydrogen-bond donors (Lipinski definition) is 2. The van der Waals surface area contributed by atoms with Crippen LogP contribution >= 0.6 is 0 Å². The van der Waals surface area contributed by atoms with Gasteiger partial charge >= 0.3 is 0 Å². The first-order chi connectivity index (χ1) is 7.90. The maximum Gasteiger partial charge on any atom is 0.0700 e. The topological polar surface area (TPSA) is 41.5 Å². The van der Waals surface area contributed by atoms with Gasteiger partial charge in [-0.15, -0.1) is 0 Å². The predicted molar refractivity (Wildman–Crippen MR) is 64.4 cm³/mol. The summed E-state index contributed by atoms with van der Waals surface area (Å²) in [6.07, 6.45) is 8.00. The van der Waals surface area contributed by atoms with Gasteiger partial charge in [0, 0.05) is 19.8 Å². The fraction of sp³-hybridized carbons (Fsp3) is 1.00. The van der Waals surface area contributed by atoms with E-state index in [2.05, 4.69) is 5.32 Å². The molecule has 2 rings (SSSR count). The van der Waals surface area contributed by atoms with Crippen molar-refractivity contribution in [2.24, 2.45) is 11.8 Å². The van der Waals surface area contributed by atoms with Crippen molar-refractivity contribution in [3.8, 4) is 0 Å². The van der Waals surface area contributed by atoms with E-state index in [1.54, 1.807) is 0 Å². The molecule has 2 fully saturated rings. The first-order valence-corrected chi connectivity index (χ1v) is 6.83. The Balaban J connectivity index is 1.63. The molecular weight excluding hydrogens is 202 g/mol. The van der Waals surface area contributed by atoms with Gasteiger partial charge in [-0.25, -0.2) is 0 Å². The van der Waals surface area contributed by atoms with Crippen LogP contribution in [0.25, 0.3) is 0 Å². The largest absolute Gasteiger partial charge is 0.396 e. The lowest BCUT2D eigenvalue weighted by Crippen LogP contribution is -2.35. The fourth-order valence-electron chi connectivity index (χ4n) is 3.03. The quantitative estimate of drug-likeness (QED) is 0.749. The highest BCUT2D eigenvalue weighted by Crippen LogP contribution is 2.29. The Bertz CT molecular complexity index is 192. The standard InChI is InChI=1S/C13H25NO2/c15-10-12-5-2-1-4-11(12)8-14-9-13-6-3-7-16-13/h11-15H,1-10H2. The molecule has 1 aliphatic heterocycles. The summed E-state index contributed by atoms with van der Waals surface area (Å²) in [5.41, 5.74) is 0. The normalized spacial score (nSPS) is 35.4. The predicted octanol–water partition coefficient (Wildman–Crippen LogP) is 1.55. The van der Waals surface area contributed by atoms with E-state index in [0.29, 0.717) is 24.5 Å². The van der Waals surface area contributed by atoms with Gasteiger partial charge in [-0.05, 0) is 44.1 Å². The van der Waals surface area contributed by atoms with Gasteiger partial charge in [-0.3, -0.25) is 0 Å². The summed E-state index contributed by atoms with van der Waals surface area (Å²) in [4.78, 5) is 0. The second-order valence-electron chi connectivity index (χ2n) is 5.28. The van der Waals surface area contributed by atoms with Gasteiger partial charge in [0.1, 0.15) is 0 Å². The summed E-state index contributed by atoms with van der Waals surface area (Å²) >= 11 is 0. The van der Waals surface area contributed by atoms with Crippen molar-refractivity contribution in [3.63, 3.8) is 0 Å². The maximum absolute atomic E-state index is 9.32. The van der Waals surface area contributed by atoms with Gasteiger partial charge in [-0.1, -0.05) is 12.8 Å². The molecule has 2 N–H and O–H groups in total. The average Bonchev–Trinajstić information content (AvgIpc) is 2.83. The first kappa shape index (κ1) is 12.3. The second kappa shape index (κ2) is 6.58. The zero-order chi connectivity index (χ0) is 11.2. The highest BCUT2D eigenvalue weighted by atomic mass is 16.5. The van der Waals surface area contributed by atoms with E-state index in [4.69, 9.17) is 4.74 Å². The third-order valence-corrected chi connectivity index (χ3v) is 4.10. The Morgan fingerprint density at radius 1 is 1.00 bits per heavy atom. The molecule has 0 aromatic heterocycles. The van der Waals surface area contributed by atoms with Gasteiger partial charge in [0.15, 0.2) is 0 Å². The molecule has 0 aromatic rings. The first-order valence-electron chi connectivity index (χ1n) is 6.83. The van der Waals surface area contributed by atoms with Crippen molar-refractivity contribution in [2.75, 3.05) is 26.3 Å². The molecule has 94 valence electrons. The van der Waals surface area contributed by atoms with Crippen molar-refractivity contribution in [2.45, 2.75) is 44.6 Å². The molecule has 3 nitrogen and oxygen atoms in total. The molecule has 1 saturated heterocycles. The summed E-state index contributed by atoms with van der Waals surface area (Å²) in [5, 5.41) is 12.8. The third-order valence-electron chi connectivity index (χ3n) is 4.10. The van der Waals surface area contributed by atoms with Gasteiger partial charge in [-0.2, -0.15) is 0 Å². The van der Waals surface area contributed by atoms with Crippen LogP contribution in [0.1, 0.15) is 38.5 Å². The average molecular weight is 227 g/mol. The van der Waals surface area contributed by atoms with Crippen LogP contribution in [0.5, 0.6) is 0 Å². The lowest BCUT2D eigenvalue weighted by atomic mass is 9.79. The monoisotopic (exact) mass is 227 g/mol. The summed E-state index contributed by atoms with van der Waals surface area (Å²) in [5.74, 6) is 1.21. The molecule has 16 heavy (non-hydrogen) atoms. The Morgan fingerprint density at radius 3 is 2.50 bits per heavy atom. The van der Waals surface area contributed by atoms with Crippen LogP contribution in [0.4, 0.5) is 0 Å². The molecule has 0 bridgehead atoms. The number of aliphatic hydroxyl groups excluding tert-OH is 1. The molecule has 0 amide bonds. The molecule has 3 unspecified atom stereocenters. The van der Waals surface area contributed by atoms with E-state index < -0.39 is 0 Å². The van der Waals surface area contributed by atoms with E-state index in [1.165, 1.54) is 38.5 Å². The van der Waals surface area contributed by atoms with Gasteiger partial charge in [0.25, 0.3) is 0 Å². The summed E-state index contributed by atoms with van der Waals surface area (Å²) in [7, 11) is 0. The van der Waals surface area contributed by atoms with Gasteiger partial charge < -0.3 is 15.2 Å². The lowest BCUT2D eigenvalue weighted by molar-refractivity contribution is 0.101. The number of hydrogen-bond acceptors (Lipinski definition) is 3. The van der Waals surface area contributed by atoms with Crippen LogP contribution < -0.4 is 5.32 Å². The molecule has 0 aromatic carbocycles. The van der Waals surface area contributed by atoms with Crippen molar-refractivity contribution < 1.29 is 9.84 Å². The Morgan fingerprint density at radius 2 is 1.81 bits per heavy atom. The van der Waals surface area contributed by atoms with Crippen molar-refractivity contribution in [1.29, 1.82) is 0 Å². The summed E-state index contributed by atoms with van der Waals surface area (Å²) < 4.78 is 5.58. The van der Waals surface area contributed by atoms with E-state index in [0.717, 1.165) is 19.7 Å². The number of ether oxygens (including phenoxy) is 1. The molecule has 1 heterocycles. The molecule has 3 atom stereocenters. The molecule has 3 heteroatoms. The Hall–Kier alpha value is -0.120. The van der Waals surface area contributed by atoms with E-state index in [-0.39, 0.29) is 0 Å². The minimum absolute atomic E-state index is 0.367. The van der Waals surface area contributed by atoms with Crippen LogP contribution in [-0.2, 0) is 4.74 Å². The van der Waals surface area contributed by atoms with Crippen molar-refractivity contribution >= 4 is 0 Å². The Labute approximate surface area is 98.6 Å². The third kappa shape index (κ3) is 3.44. The highest BCUT2D eigenvalue weighted by Gasteiger charge is 2.24. The minimum atomic E-state index is 0.367. The molecule has 1 saturated carbocycles. The SMILES string of the molecule is OCC1CCCCC1CNCC1CCCO1. The maximum atomic E-state index is 9.32. The van der Waals surface area contributed by atoms with Crippen LogP contribution in [0.3, 0.4) is 0 Å². The van der Waals surface area contributed by atoms with Crippen molar-refractivity contribution in [3.05, 3.63) is 0 Å². The fourth-order valence-corrected chi connectivity index (χ4v) is 3.03. The smallest absolute Gasteiger partial charge is 0.0700 e. The van der Waals surface area contributed by atoms with E-state index in [9.17, 15) is 5.11 Å². The van der Waals surface area contributed by atoms with Crippen LogP contribution in [-0.4, -0.2) is 37.5 Å². The molecule has 2 aliphatic rings. The number of nitrogens with one attached hydrogen (secondary N) is 1. The van der Waals surface area contributed by atoms with Crippen LogP contribution in [0, 0.1) is 11.8 Å². The molecule has 1 aliphatic carbocycles. The zero-order valence-corrected chi connectivity index (χ0v) is 10.2. The van der Waals surface area contributed by atoms with Crippen molar-refractivity contribution in [1.82, 2.24) is 5.32 Å². The lowest BCUT2D eigenvalue weighted by Gasteiger charge is -2.30. The summed E-state index contributed by atoms with van der Waals surface area (Å²) in [6, 6.07) is 0. The zero-order valence-electron chi connectivity index (χ0n) is 10.2. The van der Waals surface area contributed by atoms with Crippen LogP contribution in [0.15, 0.2) is 0 Å². The minimum Gasteiger partial charge on any atom is -0.396 e. The van der Waals surface area contributed by atoms with Gasteiger partial charge in [0.2, 0.25) is 0 Å². The number of aliphatic hydroxyl groups is 1. The summed E-state index contributed by atoms with van der Waals surface area (Å²) in [6.45, 7) is 3.36. The van der Waals surface area contributed by atoms with E-state index in [1.807, 2.05) is 0 Å². The molecule has 0 radical (unpaired) electrons. The second-order valence-corrected chi connectivity index (χ2v) is 5.28. The van der Waals surface area contributed by atoms with E-state index >= 15 is 0 Å². The van der Waals surface area contributed by atoms with Crippen LogP contribution in [0.2, 0.25) is 0 Å². The molecular formula is C13H25NO2. The number of rotatable bonds is 5. The highest BCUT2D eigenvalue weighted by molar-refractivity contribution is 4.77.